The predicted octanol–water partition coefficient (Wildman–Crippen LogP) is 5.88. The average molecular weight is 433 g/mol. The highest BCUT2D eigenvalue weighted by molar-refractivity contribution is 7.92. The molecule has 3 aromatic rings. The Balaban J connectivity index is 2.06. The van der Waals surface area contributed by atoms with Crippen LogP contribution in [0.15, 0.2) is 54.7 Å². The Morgan fingerprint density at radius 1 is 1.00 bits per heavy atom. The highest BCUT2D eigenvalue weighted by atomic mass is 35.5. The van der Waals surface area contributed by atoms with E-state index < -0.39 is 15.8 Å². The molecule has 152 valence electrons. The molecule has 7 heteroatoms. The largest absolute Gasteiger partial charge is 0.284 e. The Kier molecular flexibility index (Phi) is 5.70. The van der Waals surface area contributed by atoms with Gasteiger partial charge in [0.2, 0.25) is 10.0 Å². The van der Waals surface area contributed by atoms with Crippen molar-refractivity contribution in [1.82, 2.24) is 4.98 Å². The molecule has 0 aliphatic rings. The maximum atomic E-state index is 15.4. The van der Waals surface area contributed by atoms with Crippen LogP contribution in [0.25, 0.3) is 22.3 Å². The van der Waals surface area contributed by atoms with Crippen LogP contribution in [0.4, 0.5) is 10.1 Å². The molecule has 0 saturated heterocycles. The minimum absolute atomic E-state index is 0.157. The number of nitrogens with one attached hydrogen (secondary N) is 1. The Labute approximate surface area is 175 Å². The van der Waals surface area contributed by atoms with Crippen LogP contribution in [0, 0.1) is 5.82 Å². The molecule has 0 saturated carbocycles. The van der Waals surface area contributed by atoms with Crippen LogP contribution < -0.4 is 4.72 Å². The van der Waals surface area contributed by atoms with Crippen molar-refractivity contribution < 1.29 is 12.8 Å². The molecule has 0 aliphatic carbocycles. The van der Waals surface area contributed by atoms with Gasteiger partial charge < -0.3 is 0 Å². The van der Waals surface area contributed by atoms with Gasteiger partial charge in [0.05, 0.1) is 11.3 Å². The molecular weight excluding hydrogens is 411 g/mol. The van der Waals surface area contributed by atoms with Crippen LogP contribution in [0.5, 0.6) is 0 Å². The van der Waals surface area contributed by atoms with E-state index in [1.54, 1.807) is 42.6 Å². The van der Waals surface area contributed by atoms with E-state index in [0.717, 1.165) is 17.5 Å². The van der Waals surface area contributed by atoms with Gasteiger partial charge in [-0.3, -0.25) is 9.71 Å². The standard InChI is InChI=1S/C22H22ClFN2O2S/c1-22(2,3)20-12-14(10-11-25-20)16-6-5-7-18(21(16)24)17-9-8-15(13-19(17)23)26-29(4,27)28/h5-13,26H,1-4H3. The minimum Gasteiger partial charge on any atom is -0.284 e. The smallest absolute Gasteiger partial charge is 0.229 e. The molecule has 0 bridgehead atoms. The highest BCUT2D eigenvalue weighted by Gasteiger charge is 2.18. The van der Waals surface area contributed by atoms with Crippen molar-refractivity contribution in [1.29, 1.82) is 0 Å². The first-order valence-electron chi connectivity index (χ1n) is 8.99. The first-order chi connectivity index (χ1) is 13.5. The van der Waals surface area contributed by atoms with Crippen molar-refractivity contribution in [2.24, 2.45) is 0 Å². The maximum Gasteiger partial charge on any atom is 0.229 e. The zero-order valence-electron chi connectivity index (χ0n) is 16.6. The van der Waals surface area contributed by atoms with Gasteiger partial charge in [0.15, 0.2) is 0 Å². The lowest BCUT2D eigenvalue weighted by Crippen LogP contribution is -2.13. The first kappa shape index (κ1) is 21.3. The second-order valence-electron chi connectivity index (χ2n) is 7.92. The molecule has 0 aliphatic heterocycles. The number of aromatic nitrogens is 1. The average Bonchev–Trinajstić information content (AvgIpc) is 2.61. The van der Waals surface area contributed by atoms with E-state index in [0.29, 0.717) is 22.4 Å². The summed E-state index contributed by atoms with van der Waals surface area (Å²) in [4.78, 5) is 4.40. The van der Waals surface area contributed by atoms with E-state index in [2.05, 4.69) is 30.5 Å². The van der Waals surface area contributed by atoms with Crippen LogP contribution >= 0.6 is 11.6 Å². The van der Waals surface area contributed by atoms with Crippen molar-refractivity contribution in [2.75, 3.05) is 11.0 Å². The van der Waals surface area contributed by atoms with Gasteiger partial charge in [0, 0.05) is 39.7 Å². The van der Waals surface area contributed by atoms with E-state index in [4.69, 9.17) is 11.6 Å². The van der Waals surface area contributed by atoms with Gasteiger partial charge in [-0.1, -0.05) is 56.6 Å². The summed E-state index contributed by atoms with van der Waals surface area (Å²) in [5.74, 6) is -0.399. The Bertz CT molecular complexity index is 1170. The first-order valence-corrected chi connectivity index (χ1v) is 11.3. The molecular formula is C22H22ClFN2O2S. The topological polar surface area (TPSA) is 59.1 Å². The number of hydrogen-bond acceptors (Lipinski definition) is 3. The van der Waals surface area contributed by atoms with E-state index in [9.17, 15) is 8.42 Å². The lowest BCUT2D eigenvalue weighted by atomic mass is 9.89. The summed E-state index contributed by atoms with van der Waals surface area (Å²) < 4.78 is 40.6. The van der Waals surface area contributed by atoms with Crippen molar-refractivity contribution in [3.05, 3.63) is 71.3 Å². The third-order valence-corrected chi connectivity index (χ3v) is 5.32. The van der Waals surface area contributed by atoms with E-state index in [1.165, 1.54) is 6.07 Å². The Hall–Kier alpha value is -2.44. The molecule has 0 radical (unpaired) electrons. The third kappa shape index (κ3) is 4.95. The van der Waals surface area contributed by atoms with Gasteiger partial charge in [0.25, 0.3) is 0 Å². The van der Waals surface area contributed by atoms with Gasteiger partial charge >= 0.3 is 0 Å². The van der Waals surface area contributed by atoms with Gasteiger partial charge in [-0.25, -0.2) is 12.8 Å². The van der Waals surface area contributed by atoms with Gasteiger partial charge in [-0.2, -0.15) is 0 Å². The van der Waals surface area contributed by atoms with Gasteiger partial charge in [0.1, 0.15) is 5.82 Å². The molecule has 0 unspecified atom stereocenters. The van der Waals surface area contributed by atoms with Crippen LogP contribution in [0.3, 0.4) is 0 Å². The quantitative estimate of drug-likeness (QED) is 0.560. The van der Waals surface area contributed by atoms with Crippen molar-refractivity contribution >= 4 is 27.3 Å². The molecule has 0 amide bonds. The zero-order chi connectivity index (χ0) is 21.4. The van der Waals surface area contributed by atoms with Crippen LogP contribution in [0.1, 0.15) is 26.5 Å². The minimum atomic E-state index is -3.43. The molecule has 29 heavy (non-hydrogen) atoms. The summed E-state index contributed by atoms with van der Waals surface area (Å²) in [6.07, 6.45) is 2.74. The third-order valence-electron chi connectivity index (χ3n) is 4.40. The summed E-state index contributed by atoms with van der Waals surface area (Å²) in [6.45, 7) is 6.16. The summed E-state index contributed by atoms with van der Waals surface area (Å²) in [6, 6.07) is 13.4. The summed E-state index contributed by atoms with van der Waals surface area (Å²) in [5, 5.41) is 0.250. The zero-order valence-corrected chi connectivity index (χ0v) is 18.2. The highest BCUT2D eigenvalue weighted by Crippen LogP contribution is 2.36. The number of pyridine rings is 1. The number of sulfonamides is 1. The molecule has 3 rings (SSSR count). The molecule has 2 aromatic carbocycles. The molecule has 1 heterocycles. The van der Waals surface area contributed by atoms with E-state index in [1.807, 2.05) is 6.07 Å². The molecule has 1 N–H and O–H groups in total. The fraction of sp³-hybridized carbons (Fsp3) is 0.227. The number of anilines is 1. The normalized spacial score (nSPS) is 12.1. The second kappa shape index (κ2) is 7.76. The second-order valence-corrected chi connectivity index (χ2v) is 10.1. The van der Waals surface area contributed by atoms with Gasteiger partial charge in [-0.15, -0.1) is 0 Å². The number of nitrogens with zero attached hydrogens (tertiary/aromatic N) is 1. The predicted molar refractivity (Wildman–Crippen MR) is 117 cm³/mol. The van der Waals surface area contributed by atoms with E-state index >= 15 is 4.39 Å². The Morgan fingerprint density at radius 2 is 1.69 bits per heavy atom. The lowest BCUT2D eigenvalue weighted by molar-refractivity contribution is 0.569. The van der Waals surface area contributed by atoms with Crippen molar-refractivity contribution in [3.8, 4) is 22.3 Å². The summed E-state index contributed by atoms with van der Waals surface area (Å²) in [5.41, 5.74) is 3.04. The van der Waals surface area contributed by atoms with Crippen molar-refractivity contribution in [2.45, 2.75) is 26.2 Å². The lowest BCUT2D eigenvalue weighted by Gasteiger charge is -2.18. The van der Waals surface area contributed by atoms with Crippen LogP contribution in [-0.2, 0) is 15.4 Å². The monoisotopic (exact) mass is 432 g/mol. The molecule has 1 aromatic heterocycles. The molecule has 4 nitrogen and oxygen atoms in total. The fourth-order valence-electron chi connectivity index (χ4n) is 2.98. The van der Waals surface area contributed by atoms with Crippen LogP contribution in [0.2, 0.25) is 5.02 Å². The summed E-state index contributed by atoms with van der Waals surface area (Å²) >= 11 is 6.34. The van der Waals surface area contributed by atoms with Gasteiger partial charge in [-0.05, 0) is 29.8 Å². The molecule has 0 spiro atoms. The number of rotatable bonds is 4. The molecule has 0 atom stereocenters. The number of hydrogen-bond donors (Lipinski definition) is 1. The number of benzene rings is 2. The SMILES string of the molecule is CC(C)(C)c1cc(-c2cccc(-c3ccc(NS(C)(=O)=O)cc3Cl)c2F)ccn1. The number of halogens is 2. The fourth-order valence-corrected chi connectivity index (χ4v) is 3.82. The van der Waals surface area contributed by atoms with Crippen LogP contribution in [-0.4, -0.2) is 19.7 Å². The van der Waals surface area contributed by atoms with Crippen molar-refractivity contribution in [3.63, 3.8) is 0 Å². The van der Waals surface area contributed by atoms with E-state index in [-0.39, 0.29) is 10.4 Å². The molecule has 0 fully saturated rings. The summed E-state index contributed by atoms with van der Waals surface area (Å²) in [7, 11) is -3.43. The maximum absolute atomic E-state index is 15.4. The Morgan fingerprint density at radius 3 is 2.31 bits per heavy atom.